The minimum Gasteiger partial charge on any atom is -0.394 e. The van der Waals surface area contributed by atoms with Gasteiger partial charge in [-0.15, -0.1) is 10.2 Å². The fourth-order valence-corrected chi connectivity index (χ4v) is 5.18. The first kappa shape index (κ1) is 36.0. The lowest BCUT2D eigenvalue weighted by Crippen LogP contribution is -2.59. The molecule has 5 rings (SSSR count). The summed E-state index contributed by atoms with van der Waals surface area (Å²) in [4.78, 5) is 0. The van der Waals surface area contributed by atoms with E-state index in [-0.39, 0.29) is 11.4 Å². The fourth-order valence-electron chi connectivity index (χ4n) is 5.18. The summed E-state index contributed by atoms with van der Waals surface area (Å²) in [5, 5.41) is 93.3. The summed E-state index contributed by atoms with van der Waals surface area (Å²) in [7, 11) is 0. The third-order valence-electron chi connectivity index (χ3n) is 7.79. The van der Waals surface area contributed by atoms with Crippen molar-refractivity contribution in [2.75, 3.05) is 13.2 Å². The number of aliphatic hydroxyl groups is 8. The van der Waals surface area contributed by atoms with E-state index in [0.717, 1.165) is 21.8 Å². The maximum Gasteiger partial charge on any atom is 0.184 e. The van der Waals surface area contributed by atoms with Crippen LogP contribution in [0.3, 0.4) is 0 Å². The Bertz CT molecular complexity index is 1410. The minimum absolute atomic E-state index is 0.00510. The summed E-state index contributed by atoms with van der Waals surface area (Å²) >= 11 is 0. The number of aromatic nitrogens is 6. The summed E-state index contributed by atoms with van der Waals surface area (Å²) in [6.07, 6.45) is -13.1. The standard InChI is InChI=1S/C26H32F4N6O12/c27-15-11(3-35-1-9(31-33-35)7-45-23-19(39)13(5-37)47-25(43)21(23)41)16(28)18(30)12(17(15)29)4-36-2-10(32-34-36)8-46-24-20(40)14(6-38)48-26(44)22(24)42/h1-2,13-14,19-26,37-44H,3-8H2. The number of hydrogen-bond donors (Lipinski definition) is 8. The van der Waals surface area contributed by atoms with Crippen LogP contribution in [0.5, 0.6) is 0 Å². The Labute approximate surface area is 266 Å². The summed E-state index contributed by atoms with van der Waals surface area (Å²) in [5.74, 6) is -6.90. The Morgan fingerprint density at radius 2 is 0.958 bits per heavy atom. The van der Waals surface area contributed by atoms with Gasteiger partial charge in [0.2, 0.25) is 0 Å². The SMILES string of the molecule is OCC1OC(O)C(O)C(OCc2cn(Cc3c(F)c(F)c(Cn4cc(COC5C(O)C(O)OC(CO)C5O)nn4)c(F)c3F)nn2)C1O. The second kappa shape index (κ2) is 15.1. The molecule has 266 valence electrons. The molecule has 0 aliphatic carbocycles. The molecule has 2 aliphatic rings. The highest BCUT2D eigenvalue weighted by Gasteiger charge is 2.45. The highest BCUT2D eigenvalue weighted by atomic mass is 19.2. The van der Waals surface area contributed by atoms with Crippen LogP contribution in [0.25, 0.3) is 0 Å². The predicted molar refractivity (Wildman–Crippen MR) is 142 cm³/mol. The van der Waals surface area contributed by atoms with Crippen molar-refractivity contribution in [2.45, 2.75) is 87.7 Å². The van der Waals surface area contributed by atoms with Gasteiger partial charge in [0, 0.05) is 0 Å². The molecule has 22 heteroatoms. The largest absolute Gasteiger partial charge is 0.394 e. The maximum atomic E-state index is 15.0. The van der Waals surface area contributed by atoms with Crippen molar-refractivity contribution in [3.05, 3.63) is 58.2 Å². The van der Waals surface area contributed by atoms with E-state index in [1.54, 1.807) is 0 Å². The van der Waals surface area contributed by atoms with Gasteiger partial charge in [-0.1, -0.05) is 10.4 Å². The number of nitrogens with zero attached hydrogens (tertiary/aromatic N) is 6. The van der Waals surface area contributed by atoms with E-state index in [4.69, 9.17) is 18.9 Å². The molecule has 8 N–H and O–H groups in total. The zero-order valence-corrected chi connectivity index (χ0v) is 24.6. The lowest BCUT2D eigenvalue weighted by molar-refractivity contribution is -0.296. The number of benzene rings is 1. The molecule has 2 aliphatic heterocycles. The molecular weight excluding hydrogens is 664 g/mol. The Hall–Kier alpha value is -3.26. The van der Waals surface area contributed by atoms with E-state index in [1.807, 2.05) is 0 Å². The van der Waals surface area contributed by atoms with Crippen LogP contribution in [0.15, 0.2) is 12.4 Å². The Morgan fingerprint density at radius 3 is 1.29 bits per heavy atom. The number of ether oxygens (including phenoxy) is 4. The fraction of sp³-hybridized carbons (Fsp3) is 0.615. The Balaban J connectivity index is 1.22. The molecular formula is C26H32F4N6O12. The average Bonchev–Trinajstić information content (AvgIpc) is 3.73. The van der Waals surface area contributed by atoms with Crippen LogP contribution in [-0.4, -0.2) is 145 Å². The highest BCUT2D eigenvalue weighted by Crippen LogP contribution is 2.27. The second-order valence-corrected chi connectivity index (χ2v) is 11.0. The highest BCUT2D eigenvalue weighted by molar-refractivity contribution is 5.30. The van der Waals surface area contributed by atoms with Crippen LogP contribution >= 0.6 is 0 Å². The third-order valence-corrected chi connectivity index (χ3v) is 7.79. The van der Waals surface area contributed by atoms with Gasteiger partial charge in [0.25, 0.3) is 0 Å². The van der Waals surface area contributed by atoms with E-state index in [1.165, 1.54) is 0 Å². The molecule has 10 unspecified atom stereocenters. The molecule has 48 heavy (non-hydrogen) atoms. The maximum absolute atomic E-state index is 15.0. The summed E-state index contributed by atoms with van der Waals surface area (Å²) in [6.45, 7) is -3.88. The van der Waals surface area contributed by atoms with Crippen LogP contribution in [0.4, 0.5) is 17.6 Å². The Kier molecular flexibility index (Phi) is 11.3. The molecule has 18 nitrogen and oxygen atoms in total. The van der Waals surface area contributed by atoms with E-state index in [0.29, 0.717) is 0 Å². The van der Waals surface area contributed by atoms with Crippen LogP contribution < -0.4 is 0 Å². The van der Waals surface area contributed by atoms with Crippen LogP contribution in [0.2, 0.25) is 0 Å². The molecule has 4 heterocycles. The molecule has 0 spiro atoms. The van der Waals surface area contributed by atoms with Gasteiger partial charge in [0.05, 0.1) is 63.0 Å². The second-order valence-electron chi connectivity index (χ2n) is 11.0. The summed E-state index contributed by atoms with van der Waals surface area (Å²) in [6, 6.07) is 0. The van der Waals surface area contributed by atoms with Gasteiger partial charge in [-0.3, -0.25) is 0 Å². The first-order chi connectivity index (χ1) is 22.8. The van der Waals surface area contributed by atoms with E-state index in [2.05, 4.69) is 20.6 Å². The third kappa shape index (κ3) is 7.34. The first-order valence-electron chi connectivity index (χ1n) is 14.3. The molecule has 0 amide bonds. The van der Waals surface area contributed by atoms with Gasteiger partial charge in [-0.2, -0.15) is 0 Å². The van der Waals surface area contributed by atoms with Gasteiger partial charge in [0.15, 0.2) is 35.8 Å². The summed E-state index contributed by atoms with van der Waals surface area (Å²) in [5.41, 5.74) is -2.05. The molecule has 0 saturated carbocycles. The van der Waals surface area contributed by atoms with Crippen molar-refractivity contribution in [1.82, 2.24) is 30.0 Å². The van der Waals surface area contributed by atoms with Crippen molar-refractivity contribution < 1.29 is 77.4 Å². The first-order valence-corrected chi connectivity index (χ1v) is 14.3. The number of aliphatic hydroxyl groups excluding tert-OH is 8. The molecule has 0 bridgehead atoms. The predicted octanol–water partition coefficient (Wildman–Crippen LogP) is -3.84. The lowest BCUT2D eigenvalue weighted by atomic mass is 9.99. The van der Waals surface area contributed by atoms with Gasteiger partial charge in [-0.05, 0) is 0 Å². The van der Waals surface area contributed by atoms with E-state index in [9.17, 15) is 40.9 Å². The van der Waals surface area contributed by atoms with Crippen molar-refractivity contribution >= 4 is 0 Å². The molecule has 10 atom stereocenters. The molecule has 1 aromatic carbocycles. The molecule has 0 radical (unpaired) electrons. The van der Waals surface area contributed by atoms with Crippen molar-refractivity contribution in [1.29, 1.82) is 0 Å². The number of hydrogen-bond acceptors (Lipinski definition) is 16. The molecule has 3 aromatic rings. The van der Waals surface area contributed by atoms with Gasteiger partial charge in [0.1, 0.15) is 60.2 Å². The van der Waals surface area contributed by atoms with Gasteiger partial charge in [-0.25, -0.2) is 26.9 Å². The van der Waals surface area contributed by atoms with Crippen LogP contribution in [0.1, 0.15) is 22.5 Å². The van der Waals surface area contributed by atoms with Crippen molar-refractivity contribution in [2.24, 2.45) is 0 Å². The number of rotatable bonds is 12. The smallest absolute Gasteiger partial charge is 0.184 e. The van der Waals surface area contributed by atoms with Gasteiger partial charge < -0.3 is 59.8 Å². The average molecular weight is 697 g/mol. The quantitative estimate of drug-likeness (QED) is 0.0666. The van der Waals surface area contributed by atoms with Crippen molar-refractivity contribution in [3.63, 3.8) is 0 Å². The van der Waals surface area contributed by atoms with E-state index >= 15 is 17.6 Å². The summed E-state index contributed by atoms with van der Waals surface area (Å²) < 4.78 is 82.3. The van der Waals surface area contributed by atoms with Crippen molar-refractivity contribution in [3.8, 4) is 0 Å². The van der Waals surface area contributed by atoms with Gasteiger partial charge >= 0.3 is 0 Å². The van der Waals surface area contributed by atoms with Crippen LogP contribution in [-0.2, 0) is 45.3 Å². The normalized spacial score (nSPS) is 31.0. The molecule has 2 saturated heterocycles. The Morgan fingerprint density at radius 1 is 0.604 bits per heavy atom. The zero-order valence-electron chi connectivity index (χ0n) is 24.6. The number of halogens is 4. The van der Waals surface area contributed by atoms with Crippen LogP contribution in [0, 0.1) is 23.3 Å². The monoisotopic (exact) mass is 696 g/mol. The molecule has 2 fully saturated rings. The molecule has 2 aromatic heterocycles. The lowest BCUT2D eigenvalue weighted by Gasteiger charge is -2.39. The minimum atomic E-state index is -1.77. The zero-order chi connectivity index (χ0) is 34.9. The van der Waals surface area contributed by atoms with E-state index < -0.39 is 135 Å². The topological polar surface area (TPSA) is 260 Å².